The first kappa shape index (κ1) is 22.8. The van der Waals surface area contributed by atoms with Crippen molar-refractivity contribution in [2.45, 2.75) is 25.8 Å². The molecule has 1 aromatic heterocycles. The molecule has 0 aliphatic carbocycles. The molecule has 0 saturated heterocycles. The summed E-state index contributed by atoms with van der Waals surface area (Å²) < 4.78 is 47.9. The van der Waals surface area contributed by atoms with Crippen molar-refractivity contribution in [3.63, 3.8) is 0 Å². The summed E-state index contributed by atoms with van der Waals surface area (Å²) in [5.74, 6) is -4.10. The Morgan fingerprint density at radius 3 is 2.40 bits per heavy atom. The second-order valence-electron chi connectivity index (χ2n) is 5.81. The Labute approximate surface area is 168 Å². The number of nitrogens with one attached hydrogen (secondary N) is 1. The van der Waals surface area contributed by atoms with Gasteiger partial charge in [0.2, 0.25) is 6.10 Å². The van der Waals surface area contributed by atoms with E-state index in [4.69, 9.17) is 9.47 Å². The SMILES string of the molecule is CCOC(=O)C(OCc1ccc(C(F)(F)F)cc1)C(=O)Nc1ncccc1C(=O)[O-]. The van der Waals surface area contributed by atoms with E-state index in [1.165, 1.54) is 19.2 Å². The van der Waals surface area contributed by atoms with Crippen LogP contribution in [0.25, 0.3) is 0 Å². The Bertz CT molecular complexity index is 915. The maximum Gasteiger partial charge on any atom is 0.416 e. The van der Waals surface area contributed by atoms with E-state index in [2.05, 4.69) is 10.3 Å². The highest BCUT2D eigenvalue weighted by atomic mass is 19.4. The smallest absolute Gasteiger partial charge is 0.416 e. The molecule has 8 nitrogen and oxygen atoms in total. The Morgan fingerprint density at radius 1 is 1.17 bits per heavy atom. The van der Waals surface area contributed by atoms with Crippen molar-refractivity contribution < 1.29 is 42.1 Å². The third-order valence-electron chi connectivity index (χ3n) is 3.71. The Hall–Kier alpha value is -3.47. The van der Waals surface area contributed by atoms with Crippen molar-refractivity contribution in [3.05, 3.63) is 59.3 Å². The van der Waals surface area contributed by atoms with Crippen molar-refractivity contribution in [1.82, 2.24) is 4.98 Å². The van der Waals surface area contributed by atoms with Crippen LogP contribution in [0.5, 0.6) is 0 Å². The number of ether oxygens (including phenoxy) is 2. The number of carbonyl (C=O) groups excluding carboxylic acids is 3. The van der Waals surface area contributed by atoms with E-state index < -0.39 is 41.3 Å². The molecule has 2 aromatic rings. The maximum absolute atomic E-state index is 12.6. The van der Waals surface area contributed by atoms with Crippen LogP contribution in [0, 0.1) is 0 Å². The van der Waals surface area contributed by atoms with Gasteiger partial charge in [0, 0.05) is 11.8 Å². The third-order valence-corrected chi connectivity index (χ3v) is 3.71. The molecule has 0 saturated carbocycles. The first-order valence-electron chi connectivity index (χ1n) is 8.55. The molecule has 0 spiro atoms. The van der Waals surface area contributed by atoms with Crippen LogP contribution in [0.15, 0.2) is 42.6 Å². The standard InChI is InChI=1S/C19H17F3N2O6/c1-2-29-18(28)14(16(25)24-15-13(17(26)27)4-3-9-23-15)30-10-11-5-7-12(8-6-11)19(20,21)22/h3-9,14H,2,10H2,1H3,(H,26,27)(H,23,24,25)/p-1. The number of aromatic nitrogens is 1. The van der Waals surface area contributed by atoms with Crippen LogP contribution >= 0.6 is 0 Å². The Kier molecular flexibility index (Phi) is 7.48. The Morgan fingerprint density at radius 2 is 1.83 bits per heavy atom. The molecule has 0 fully saturated rings. The van der Waals surface area contributed by atoms with E-state index in [1.54, 1.807) is 0 Å². The average Bonchev–Trinajstić information content (AvgIpc) is 2.68. The first-order valence-corrected chi connectivity index (χ1v) is 8.55. The van der Waals surface area contributed by atoms with Gasteiger partial charge in [0.05, 0.1) is 24.7 Å². The Balaban J connectivity index is 2.15. The van der Waals surface area contributed by atoms with E-state index in [1.807, 2.05) is 0 Å². The molecule has 2 rings (SSSR count). The lowest BCUT2D eigenvalue weighted by atomic mass is 10.1. The molecule has 11 heteroatoms. The molecule has 1 heterocycles. The van der Waals surface area contributed by atoms with Crippen LogP contribution in [-0.2, 0) is 31.8 Å². The highest BCUT2D eigenvalue weighted by Crippen LogP contribution is 2.29. The molecule has 1 amide bonds. The largest absolute Gasteiger partial charge is 0.545 e. The van der Waals surface area contributed by atoms with E-state index in [0.29, 0.717) is 0 Å². The van der Waals surface area contributed by atoms with Crippen LogP contribution in [-0.4, -0.2) is 35.5 Å². The number of nitrogens with zero attached hydrogens (tertiary/aromatic N) is 1. The maximum atomic E-state index is 12.6. The monoisotopic (exact) mass is 425 g/mol. The van der Waals surface area contributed by atoms with Crippen molar-refractivity contribution in [3.8, 4) is 0 Å². The quantitative estimate of drug-likeness (QED) is 0.504. The van der Waals surface area contributed by atoms with Gasteiger partial charge in [-0.15, -0.1) is 0 Å². The van der Waals surface area contributed by atoms with Crippen molar-refractivity contribution in [2.24, 2.45) is 0 Å². The lowest BCUT2D eigenvalue weighted by Gasteiger charge is -2.17. The average molecular weight is 425 g/mol. The van der Waals surface area contributed by atoms with E-state index in [0.717, 1.165) is 30.3 Å². The van der Waals surface area contributed by atoms with Crippen LogP contribution in [0.1, 0.15) is 28.4 Å². The number of benzene rings is 1. The lowest BCUT2D eigenvalue weighted by molar-refractivity contribution is -0.254. The number of hydrogen-bond donors (Lipinski definition) is 1. The molecule has 160 valence electrons. The molecule has 1 atom stereocenters. The molecule has 1 aromatic carbocycles. The van der Waals surface area contributed by atoms with Gasteiger partial charge < -0.3 is 24.7 Å². The minimum atomic E-state index is -4.51. The number of alkyl halides is 3. The van der Waals surface area contributed by atoms with E-state index in [9.17, 15) is 32.7 Å². The molecular weight excluding hydrogens is 409 g/mol. The van der Waals surface area contributed by atoms with Crippen molar-refractivity contribution in [2.75, 3.05) is 11.9 Å². The van der Waals surface area contributed by atoms with Crippen LogP contribution in [0.2, 0.25) is 0 Å². The van der Waals surface area contributed by atoms with Gasteiger partial charge in [0.15, 0.2) is 0 Å². The highest BCUT2D eigenvalue weighted by Gasteiger charge is 2.31. The number of halogens is 3. The molecule has 1 N–H and O–H groups in total. The zero-order valence-corrected chi connectivity index (χ0v) is 15.6. The first-order chi connectivity index (χ1) is 14.1. The van der Waals surface area contributed by atoms with Gasteiger partial charge in [-0.05, 0) is 36.8 Å². The molecular formula is C19H16F3N2O6-. The minimum absolute atomic E-state index is 0.0693. The normalized spacial score (nSPS) is 12.1. The third kappa shape index (κ3) is 6.01. The van der Waals surface area contributed by atoms with Crippen LogP contribution < -0.4 is 10.4 Å². The number of hydrogen-bond acceptors (Lipinski definition) is 7. The predicted molar refractivity (Wildman–Crippen MR) is 93.9 cm³/mol. The number of carboxylic acid groups (broad SMARTS) is 1. The summed E-state index contributed by atoms with van der Waals surface area (Å²) in [6.07, 6.45) is -5.11. The summed E-state index contributed by atoms with van der Waals surface area (Å²) >= 11 is 0. The van der Waals surface area contributed by atoms with Gasteiger partial charge in [0.25, 0.3) is 5.91 Å². The molecule has 0 aliphatic heterocycles. The van der Waals surface area contributed by atoms with Gasteiger partial charge >= 0.3 is 12.1 Å². The zero-order valence-electron chi connectivity index (χ0n) is 15.6. The molecule has 0 radical (unpaired) electrons. The van der Waals surface area contributed by atoms with E-state index in [-0.39, 0.29) is 24.6 Å². The molecule has 1 unspecified atom stereocenters. The van der Waals surface area contributed by atoms with Gasteiger partial charge in [-0.2, -0.15) is 13.2 Å². The number of anilines is 1. The minimum Gasteiger partial charge on any atom is -0.545 e. The summed E-state index contributed by atoms with van der Waals surface area (Å²) in [5.41, 5.74) is -1.02. The van der Waals surface area contributed by atoms with Gasteiger partial charge in [0.1, 0.15) is 5.82 Å². The zero-order chi connectivity index (χ0) is 22.3. The topological polar surface area (TPSA) is 118 Å². The van der Waals surface area contributed by atoms with E-state index >= 15 is 0 Å². The number of esters is 1. The summed E-state index contributed by atoms with van der Waals surface area (Å²) in [6, 6.07) is 6.38. The number of amides is 1. The van der Waals surface area contributed by atoms with Crippen molar-refractivity contribution >= 4 is 23.7 Å². The molecule has 0 bridgehead atoms. The molecule has 0 aliphatic rings. The fourth-order valence-electron chi connectivity index (χ4n) is 2.29. The lowest BCUT2D eigenvalue weighted by Crippen LogP contribution is -2.39. The van der Waals surface area contributed by atoms with Crippen LogP contribution in [0.3, 0.4) is 0 Å². The van der Waals surface area contributed by atoms with Crippen LogP contribution in [0.4, 0.5) is 19.0 Å². The van der Waals surface area contributed by atoms with Crippen molar-refractivity contribution in [1.29, 1.82) is 0 Å². The van der Waals surface area contributed by atoms with Gasteiger partial charge in [-0.1, -0.05) is 12.1 Å². The second-order valence-corrected chi connectivity index (χ2v) is 5.81. The molecule has 30 heavy (non-hydrogen) atoms. The predicted octanol–water partition coefficient (Wildman–Crippen LogP) is 1.55. The van der Waals surface area contributed by atoms with Gasteiger partial charge in [-0.25, -0.2) is 9.78 Å². The number of rotatable bonds is 8. The second kappa shape index (κ2) is 9.83. The number of carboxylic acids is 1. The summed E-state index contributed by atoms with van der Waals surface area (Å²) in [6.45, 7) is 1.04. The summed E-state index contributed by atoms with van der Waals surface area (Å²) in [4.78, 5) is 39.4. The highest BCUT2D eigenvalue weighted by molar-refractivity contribution is 6.08. The fourth-order valence-corrected chi connectivity index (χ4v) is 2.29. The summed E-state index contributed by atoms with van der Waals surface area (Å²) in [5, 5.41) is 13.3. The fraction of sp³-hybridized carbons (Fsp3) is 0.263. The summed E-state index contributed by atoms with van der Waals surface area (Å²) in [7, 11) is 0. The van der Waals surface area contributed by atoms with Gasteiger partial charge in [-0.3, -0.25) is 4.79 Å². The number of pyridine rings is 1. The number of aromatic carboxylic acids is 1. The number of carbonyl (C=O) groups is 3.